The van der Waals surface area contributed by atoms with Gasteiger partial charge < -0.3 is 21.1 Å². The van der Waals surface area contributed by atoms with E-state index in [0.29, 0.717) is 11.6 Å². The third kappa shape index (κ3) is 5.77. The Kier molecular flexibility index (Phi) is 7.99. The molecule has 1 aromatic carbocycles. The molecule has 5 heterocycles. The number of imidazole rings is 1. The summed E-state index contributed by atoms with van der Waals surface area (Å²) in [7, 11) is 1.77. The fourth-order valence-corrected chi connectivity index (χ4v) is 5.63. The molecule has 0 spiro atoms. The molecule has 2 aliphatic rings. The molecule has 4 N–H and O–H groups in total. The Morgan fingerprint density at radius 2 is 1.86 bits per heavy atom. The number of nitrogens with zero attached hydrogens (tertiary/aromatic N) is 7. The molecule has 11 nitrogen and oxygen atoms in total. The lowest BCUT2D eigenvalue weighted by Gasteiger charge is -2.29. The molecule has 0 radical (unpaired) electrons. The lowest BCUT2D eigenvalue weighted by molar-refractivity contribution is -0.126. The van der Waals surface area contributed by atoms with Crippen LogP contribution in [0.5, 0.6) is 0 Å². The predicted octanol–water partition coefficient (Wildman–Crippen LogP) is 3.49. The monoisotopic (exact) mass is 577 g/mol. The molecule has 1 aliphatic carbocycles. The smallest absolute Gasteiger partial charge is 0.245 e. The maximum Gasteiger partial charge on any atom is 0.245 e. The van der Waals surface area contributed by atoms with Gasteiger partial charge in [-0.15, -0.1) is 0 Å². The van der Waals surface area contributed by atoms with Crippen LogP contribution in [0.4, 0.5) is 5.82 Å². The molecular weight excluding hydrogens is 542 g/mol. The van der Waals surface area contributed by atoms with Crippen molar-refractivity contribution in [3.05, 3.63) is 90.9 Å². The number of hydrogen-bond donors (Lipinski definition) is 2. The maximum atomic E-state index is 11.0. The van der Waals surface area contributed by atoms with Gasteiger partial charge in [-0.1, -0.05) is 12.6 Å². The molecule has 1 fully saturated rings. The molecule has 1 amide bonds. The standard InChI is InChI=1S/C24H21N7O.C8H14N2O/c1-32-18-13-15-5-6-17(12-16(15)14-18)31-23(19-4-2-9-26-22(19)25)28-20-7-8-21(29-24(20)31)30-11-3-10-27-30;1-2-8(11)10-5-3-7(9)4-6-10/h2-12,18H,13-14H2,1H3,(H2,25,26);2,7H,1,3-6,9H2. The normalized spacial score (nSPS) is 16.5. The molecule has 220 valence electrons. The van der Waals surface area contributed by atoms with Crippen LogP contribution in [-0.4, -0.2) is 72.5 Å². The number of anilines is 1. The van der Waals surface area contributed by atoms with Gasteiger partial charge in [-0.05, 0) is 85.4 Å². The SMILES string of the molecule is C=CC(=O)N1CCC(N)CC1.COC1Cc2ccc(-n3c(-c4cccnc4N)nc4ccc(-n5cccn5)nc43)cc2C1. The average Bonchev–Trinajstić information content (AvgIpc) is 3.79. The Morgan fingerprint density at radius 3 is 2.58 bits per heavy atom. The molecule has 43 heavy (non-hydrogen) atoms. The second-order valence-electron chi connectivity index (χ2n) is 10.8. The molecule has 7 rings (SSSR count). The number of nitrogen functional groups attached to an aromatic ring is 1. The van der Waals surface area contributed by atoms with E-state index in [4.69, 9.17) is 26.2 Å². The Bertz CT molecular complexity index is 1750. The molecule has 11 heteroatoms. The van der Waals surface area contributed by atoms with E-state index in [0.717, 1.165) is 67.0 Å². The van der Waals surface area contributed by atoms with E-state index < -0.39 is 0 Å². The number of ether oxygens (including phenoxy) is 1. The number of hydrogen-bond acceptors (Lipinski definition) is 8. The van der Waals surface area contributed by atoms with E-state index in [2.05, 4.69) is 39.4 Å². The van der Waals surface area contributed by atoms with Gasteiger partial charge in [0.2, 0.25) is 5.91 Å². The second kappa shape index (κ2) is 12.2. The molecule has 0 bridgehead atoms. The summed E-state index contributed by atoms with van der Waals surface area (Å²) in [5.74, 6) is 1.88. The van der Waals surface area contributed by atoms with E-state index in [1.54, 1.807) is 29.1 Å². The number of piperidine rings is 1. The minimum atomic E-state index is 0.0249. The number of carbonyl (C=O) groups excluding carboxylic acids is 1. The van der Waals surface area contributed by atoms with Crippen molar-refractivity contribution in [1.29, 1.82) is 0 Å². The quantitative estimate of drug-likeness (QED) is 0.302. The zero-order chi connectivity index (χ0) is 29.9. The maximum absolute atomic E-state index is 11.0. The number of pyridine rings is 2. The summed E-state index contributed by atoms with van der Waals surface area (Å²) in [4.78, 5) is 26.9. The molecule has 1 atom stereocenters. The first-order chi connectivity index (χ1) is 20.9. The molecule has 1 aliphatic heterocycles. The molecular formula is C32H35N9O2. The molecule has 5 aromatic rings. The first kappa shape index (κ1) is 28.3. The van der Waals surface area contributed by atoms with Crippen molar-refractivity contribution in [2.75, 3.05) is 25.9 Å². The number of benzene rings is 1. The van der Waals surface area contributed by atoms with Gasteiger partial charge in [-0.3, -0.25) is 9.36 Å². The minimum absolute atomic E-state index is 0.0249. The number of fused-ring (bicyclic) bond motifs is 2. The van der Waals surface area contributed by atoms with E-state index in [-0.39, 0.29) is 18.1 Å². The van der Waals surface area contributed by atoms with Gasteiger partial charge in [0.15, 0.2) is 17.3 Å². The van der Waals surface area contributed by atoms with Gasteiger partial charge in [0.05, 0.1) is 11.7 Å². The van der Waals surface area contributed by atoms with Crippen molar-refractivity contribution in [2.24, 2.45) is 5.73 Å². The van der Waals surface area contributed by atoms with Crippen molar-refractivity contribution < 1.29 is 9.53 Å². The number of nitrogens with two attached hydrogens (primary N) is 2. The molecule has 0 saturated carbocycles. The lowest BCUT2D eigenvalue weighted by atomic mass is 10.1. The summed E-state index contributed by atoms with van der Waals surface area (Å²) in [6, 6.07) is 16.3. The van der Waals surface area contributed by atoms with Gasteiger partial charge >= 0.3 is 0 Å². The van der Waals surface area contributed by atoms with Gasteiger partial charge in [0.25, 0.3) is 0 Å². The van der Waals surface area contributed by atoms with Crippen LogP contribution >= 0.6 is 0 Å². The van der Waals surface area contributed by atoms with Crippen LogP contribution in [0.25, 0.3) is 34.1 Å². The summed E-state index contributed by atoms with van der Waals surface area (Å²) in [6.45, 7) is 5.00. The summed E-state index contributed by atoms with van der Waals surface area (Å²) in [6.07, 6.45) is 10.5. The fraction of sp³-hybridized carbons (Fsp3) is 0.281. The van der Waals surface area contributed by atoms with Crippen LogP contribution in [0.15, 0.2) is 79.8 Å². The number of aromatic nitrogens is 6. The Balaban J connectivity index is 0.000000254. The molecule has 1 unspecified atom stereocenters. The fourth-order valence-electron chi connectivity index (χ4n) is 5.63. The summed E-state index contributed by atoms with van der Waals surface area (Å²) >= 11 is 0. The largest absolute Gasteiger partial charge is 0.383 e. The Labute approximate surface area is 249 Å². The zero-order valence-electron chi connectivity index (χ0n) is 24.1. The number of methoxy groups -OCH3 is 1. The topological polar surface area (TPSA) is 143 Å². The number of carbonyl (C=O) groups is 1. The van der Waals surface area contributed by atoms with Crippen molar-refractivity contribution in [1.82, 2.24) is 34.2 Å². The van der Waals surface area contributed by atoms with Gasteiger partial charge in [-0.25, -0.2) is 19.6 Å². The van der Waals surface area contributed by atoms with E-state index in [9.17, 15) is 4.79 Å². The van der Waals surface area contributed by atoms with Crippen molar-refractivity contribution in [3.8, 4) is 22.9 Å². The van der Waals surface area contributed by atoms with Crippen LogP contribution in [0, 0.1) is 0 Å². The van der Waals surface area contributed by atoms with E-state index >= 15 is 0 Å². The lowest BCUT2D eigenvalue weighted by Crippen LogP contribution is -2.42. The van der Waals surface area contributed by atoms with Gasteiger partial charge in [0, 0.05) is 50.5 Å². The van der Waals surface area contributed by atoms with Crippen molar-refractivity contribution in [2.45, 2.75) is 37.8 Å². The van der Waals surface area contributed by atoms with Crippen LogP contribution in [0.3, 0.4) is 0 Å². The first-order valence-corrected chi connectivity index (χ1v) is 14.4. The first-order valence-electron chi connectivity index (χ1n) is 14.4. The third-order valence-electron chi connectivity index (χ3n) is 8.01. The van der Waals surface area contributed by atoms with E-state index in [1.807, 2.05) is 36.5 Å². The highest BCUT2D eigenvalue weighted by atomic mass is 16.5. The van der Waals surface area contributed by atoms with Crippen LogP contribution in [0.1, 0.15) is 24.0 Å². The van der Waals surface area contributed by atoms with Crippen LogP contribution in [0.2, 0.25) is 0 Å². The highest BCUT2D eigenvalue weighted by Gasteiger charge is 2.24. The zero-order valence-corrected chi connectivity index (χ0v) is 24.1. The number of likely N-dealkylation sites (tertiary alicyclic amines) is 1. The van der Waals surface area contributed by atoms with Crippen LogP contribution < -0.4 is 11.5 Å². The highest BCUT2D eigenvalue weighted by molar-refractivity contribution is 5.87. The second-order valence-corrected chi connectivity index (χ2v) is 10.8. The number of rotatable bonds is 5. The molecule has 4 aromatic heterocycles. The summed E-state index contributed by atoms with van der Waals surface area (Å²) in [5.41, 5.74) is 17.8. The number of amides is 1. The van der Waals surface area contributed by atoms with Crippen LogP contribution in [-0.2, 0) is 22.4 Å². The summed E-state index contributed by atoms with van der Waals surface area (Å²) in [5, 5.41) is 4.32. The predicted molar refractivity (Wildman–Crippen MR) is 166 cm³/mol. The Morgan fingerprint density at radius 1 is 1.05 bits per heavy atom. The average molecular weight is 578 g/mol. The Hall–Kier alpha value is -4.87. The van der Waals surface area contributed by atoms with E-state index in [1.165, 1.54) is 17.2 Å². The highest BCUT2D eigenvalue weighted by Crippen LogP contribution is 2.33. The summed E-state index contributed by atoms with van der Waals surface area (Å²) < 4.78 is 9.38. The van der Waals surface area contributed by atoms with Crippen molar-refractivity contribution >= 4 is 22.9 Å². The molecule has 1 saturated heterocycles. The van der Waals surface area contributed by atoms with Crippen molar-refractivity contribution in [3.63, 3.8) is 0 Å². The third-order valence-corrected chi connectivity index (χ3v) is 8.01. The van der Waals surface area contributed by atoms with Gasteiger partial charge in [0.1, 0.15) is 11.3 Å². The van der Waals surface area contributed by atoms with Gasteiger partial charge in [-0.2, -0.15) is 5.10 Å². The minimum Gasteiger partial charge on any atom is -0.383 e.